The van der Waals surface area contributed by atoms with E-state index in [2.05, 4.69) is 12.1 Å². The van der Waals surface area contributed by atoms with Crippen LogP contribution in [0.4, 0.5) is 0 Å². The molecule has 0 spiro atoms. The molecule has 1 aliphatic rings. The molecule has 2 heterocycles. The second-order valence-electron chi connectivity index (χ2n) is 7.67. The quantitative estimate of drug-likeness (QED) is 0.351. The Morgan fingerprint density at radius 2 is 1.67 bits per heavy atom. The number of nitrogens with zero attached hydrogens (tertiary/aromatic N) is 1. The van der Waals surface area contributed by atoms with Crippen molar-refractivity contribution in [3.63, 3.8) is 0 Å². The monoisotopic (exact) mass is 399 g/mol. The molecule has 5 heteroatoms. The van der Waals surface area contributed by atoms with Gasteiger partial charge in [-0.15, -0.1) is 0 Å². The van der Waals surface area contributed by atoms with Crippen LogP contribution in [0.15, 0.2) is 59.0 Å². The highest BCUT2D eigenvalue weighted by molar-refractivity contribution is 6.16. The largest absolute Gasteiger partial charge is 0.460 e. The zero-order chi connectivity index (χ0) is 20.8. The molecule has 4 aromatic rings. The van der Waals surface area contributed by atoms with Gasteiger partial charge in [0.15, 0.2) is 0 Å². The van der Waals surface area contributed by atoms with E-state index in [4.69, 9.17) is 9.15 Å². The van der Waals surface area contributed by atoms with Gasteiger partial charge in [0.25, 0.3) is 5.91 Å². The first kappa shape index (κ1) is 18.4. The maximum Gasteiger partial charge on any atom is 0.308 e. The van der Waals surface area contributed by atoms with E-state index in [0.29, 0.717) is 41.1 Å². The van der Waals surface area contributed by atoms with Gasteiger partial charge in [0.2, 0.25) is 0 Å². The van der Waals surface area contributed by atoms with Gasteiger partial charge in [0, 0.05) is 36.2 Å². The normalized spacial score (nSPS) is 13.5. The number of aryl methyl sites for hydroxylation is 1. The van der Waals surface area contributed by atoms with Gasteiger partial charge in [-0.05, 0) is 30.5 Å². The van der Waals surface area contributed by atoms with Crippen LogP contribution in [0, 0.1) is 6.92 Å². The number of fused-ring (bicyclic) bond motifs is 4. The van der Waals surface area contributed by atoms with Crippen molar-refractivity contribution < 1.29 is 18.7 Å². The van der Waals surface area contributed by atoms with Crippen LogP contribution in [0.1, 0.15) is 34.2 Å². The maximum atomic E-state index is 13.5. The van der Waals surface area contributed by atoms with Crippen molar-refractivity contribution in [1.82, 2.24) is 4.90 Å². The van der Waals surface area contributed by atoms with Crippen LogP contribution in [0.3, 0.4) is 0 Å². The standard InChI is InChI=1S/C25H21NO4/c1-15-23(25(28)26-12-11-17-7-3-4-8-18(17)14-26)21-13-22(30-16(2)27)19-9-5-6-10-20(19)24(21)29-15/h3-10,13H,11-12,14H2,1-2H3. The molecule has 0 bridgehead atoms. The Bertz CT molecular complexity index is 1320. The van der Waals surface area contributed by atoms with Crippen LogP contribution in [-0.2, 0) is 17.8 Å². The van der Waals surface area contributed by atoms with Gasteiger partial charge < -0.3 is 14.1 Å². The summed E-state index contributed by atoms with van der Waals surface area (Å²) in [5, 5.41) is 2.27. The van der Waals surface area contributed by atoms with Crippen molar-refractivity contribution in [3.8, 4) is 5.75 Å². The Hall–Kier alpha value is -3.60. The summed E-state index contributed by atoms with van der Waals surface area (Å²) < 4.78 is 11.5. The lowest BCUT2D eigenvalue weighted by molar-refractivity contribution is -0.131. The predicted molar refractivity (Wildman–Crippen MR) is 115 cm³/mol. The highest BCUT2D eigenvalue weighted by atomic mass is 16.5. The molecule has 0 N–H and O–H groups in total. The summed E-state index contributed by atoms with van der Waals surface area (Å²) in [6, 6.07) is 17.6. The molecule has 0 atom stereocenters. The average Bonchev–Trinajstić information content (AvgIpc) is 3.08. The first-order chi connectivity index (χ1) is 14.5. The molecular weight excluding hydrogens is 378 g/mol. The number of hydrogen-bond donors (Lipinski definition) is 0. The van der Waals surface area contributed by atoms with E-state index in [1.165, 1.54) is 18.1 Å². The van der Waals surface area contributed by atoms with Gasteiger partial charge in [0.1, 0.15) is 17.1 Å². The zero-order valence-electron chi connectivity index (χ0n) is 16.9. The summed E-state index contributed by atoms with van der Waals surface area (Å²) in [4.78, 5) is 27.1. The number of ether oxygens (including phenoxy) is 1. The minimum atomic E-state index is -0.403. The van der Waals surface area contributed by atoms with Crippen molar-refractivity contribution in [1.29, 1.82) is 0 Å². The summed E-state index contributed by atoms with van der Waals surface area (Å²) in [5.74, 6) is 0.536. The van der Waals surface area contributed by atoms with Crippen LogP contribution < -0.4 is 4.74 Å². The molecule has 0 saturated heterocycles. The molecule has 0 unspecified atom stereocenters. The first-order valence-corrected chi connectivity index (χ1v) is 10.0. The molecule has 0 saturated carbocycles. The van der Waals surface area contributed by atoms with E-state index in [9.17, 15) is 9.59 Å². The average molecular weight is 399 g/mol. The number of carbonyl (C=O) groups is 2. The number of carbonyl (C=O) groups excluding carboxylic acids is 2. The van der Waals surface area contributed by atoms with Gasteiger partial charge in [0.05, 0.1) is 5.56 Å². The third-order valence-corrected chi connectivity index (χ3v) is 5.72. The summed E-state index contributed by atoms with van der Waals surface area (Å²) >= 11 is 0. The van der Waals surface area contributed by atoms with Gasteiger partial charge >= 0.3 is 5.97 Å². The minimum absolute atomic E-state index is 0.0650. The van der Waals surface area contributed by atoms with E-state index >= 15 is 0 Å². The first-order valence-electron chi connectivity index (χ1n) is 10.0. The molecule has 0 fully saturated rings. The number of furan rings is 1. The Morgan fingerprint density at radius 1 is 0.967 bits per heavy atom. The Labute approximate surface area is 173 Å². The SMILES string of the molecule is CC(=O)Oc1cc2c(C(=O)N3CCc4ccccc4C3)c(C)oc2c2ccccc12. The molecule has 30 heavy (non-hydrogen) atoms. The Morgan fingerprint density at radius 3 is 2.43 bits per heavy atom. The fourth-order valence-corrected chi connectivity index (χ4v) is 4.34. The molecule has 3 aromatic carbocycles. The summed E-state index contributed by atoms with van der Waals surface area (Å²) in [7, 11) is 0. The molecule has 5 rings (SSSR count). The van der Waals surface area contributed by atoms with Gasteiger partial charge in [-0.1, -0.05) is 48.5 Å². The van der Waals surface area contributed by atoms with Crippen molar-refractivity contribution in [2.75, 3.05) is 6.54 Å². The lowest BCUT2D eigenvalue weighted by Crippen LogP contribution is -2.36. The Kier molecular flexibility index (Phi) is 4.31. The van der Waals surface area contributed by atoms with Crippen molar-refractivity contribution >= 4 is 33.6 Å². The van der Waals surface area contributed by atoms with E-state index in [0.717, 1.165) is 17.2 Å². The summed E-state index contributed by atoms with van der Waals surface area (Å²) in [6.07, 6.45) is 0.832. The van der Waals surface area contributed by atoms with Crippen molar-refractivity contribution in [2.45, 2.75) is 26.8 Å². The number of amides is 1. The number of esters is 1. The fourth-order valence-electron chi connectivity index (χ4n) is 4.34. The van der Waals surface area contributed by atoms with E-state index in [1.807, 2.05) is 48.2 Å². The van der Waals surface area contributed by atoms with Crippen molar-refractivity contribution in [2.24, 2.45) is 0 Å². The van der Waals surface area contributed by atoms with Crippen molar-refractivity contribution in [3.05, 3.63) is 77.0 Å². The highest BCUT2D eigenvalue weighted by Crippen LogP contribution is 2.38. The maximum absolute atomic E-state index is 13.5. The molecule has 0 aliphatic carbocycles. The van der Waals surface area contributed by atoms with Crippen LogP contribution in [-0.4, -0.2) is 23.3 Å². The number of benzene rings is 3. The predicted octanol–water partition coefficient (Wildman–Crippen LogP) is 5.02. The summed E-state index contributed by atoms with van der Waals surface area (Å²) in [6.45, 7) is 4.42. The second kappa shape index (κ2) is 7.02. The summed E-state index contributed by atoms with van der Waals surface area (Å²) in [5.41, 5.74) is 3.63. The third kappa shape index (κ3) is 2.94. The third-order valence-electron chi connectivity index (χ3n) is 5.72. The second-order valence-corrected chi connectivity index (χ2v) is 7.67. The Balaban J connectivity index is 1.64. The van der Waals surface area contributed by atoms with Gasteiger partial charge in [-0.2, -0.15) is 0 Å². The van der Waals surface area contributed by atoms with Crippen LogP contribution in [0.2, 0.25) is 0 Å². The molecule has 150 valence electrons. The van der Waals surface area contributed by atoms with E-state index in [1.54, 1.807) is 6.07 Å². The number of rotatable bonds is 2. The molecule has 0 radical (unpaired) electrons. The van der Waals surface area contributed by atoms with Gasteiger partial charge in [-0.3, -0.25) is 9.59 Å². The molecule has 1 aromatic heterocycles. The number of hydrogen-bond acceptors (Lipinski definition) is 4. The molecule has 1 amide bonds. The minimum Gasteiger partial charge on any atom is -0.460 e. The van der Waals surface area contributed by atoms with E-state index in [-0.39, 0.29) is 5.91 Å². The van der Waals surface area contributed by atoms with Crippen LogP contribution in [0.5, 0.6) is 5.75 Å². The molecule has 1 aliphatic heterocycles. The van der Waals surface area contributed by atoms with Crippen LogP contribution >= 0.6 is 0 Å². The zero-order valence-corrected chi connectivity index (χ0v) is 16.9. The topological polar surface area (TPSA) is 59.8 Å². The lowest BCUT2D eigenvalue weighted by atomic mass is 9.98. The highest BCUT2D eigenvalue weighted by Gasteiger charge is 2.28. The van der Waals surface area contributed by atoms with E-state index < -0.39 is 5.97 Å². The lowest BCUT2D eigenvalue weighted by Gasteiger charge is -2.28. The molecule has 5 nitrogen and oxygen atoms in total. The smallest absolute Gasteiger partial charge is 0.308 e. The van der Waals surface area contributed by atoms with Crippen LogP contribution in [0.25, 0.3) is 21.7 Å². The molecular formula is C25H21NO4. The fraction of sp³-hybridized carbons (Fsp3) is 0.200. The van der Waals surface area contributed by atoms with Gasteiger partial charge in [-0.25, -0.2) is 0 Å².